The molecule has 0 saturated carbocycles. The summed E-state index contributed by atoms with van der Waals surface area (Å²) >= 11 is 5.97. The number of aryl methyl sites for hydroxylation is 1. The van der Waals surface area contributed by atoms with Crippen molar-refractivity contribution >= 4 is 55.9 Å². The van der Waals surface area contributed by atoms with Crippen LogP contribution in [0.4, 0.5) is 29.7 Å². The molecular formula is C33H34ClF3N8O4S. The van der Waals surface area contributed by atoms with Crippen molar-refractivity contribution in [2.45, 2.75) is 69.7 Å². The number of ether oxygens (including phenoxy) is 1. The Balaban J connectivity index is 1.25. The Labute approximate surface area is 291 Å². The highest BCUT2D eigenvalue weighted by molar-refractivity contribution is 7.92. The van der Waals surface area contributed by atoms with Crippen LogP contribution in [0.2, 0.25) is 5.02 Å². The molecular weight excluding hydrogens is 697 g/mol. The number of nitrogens with one attached hydrogen (secondary N) is 2. The number of fused-ring (bicyclic) bond motifs is 2. The predicted octanol–water partition coefficient (Wildman–Crippen LogP) is 7.19. The topological polar surface area (TPSA) is 144 Å². The molecule has 1 atom stereocenters. The van der Waals surface area contributed by atoms with Crippen LogP contribution in [0.5, 0.6) is 0 Å². The Bertz CT molecular complexity index is 2210. The second-order valence-electron chi connectivity index (χ2n) is 12.9. The minimum Gasteiger partial charge on any atom is -0.444 e. The zero-order valence-corrected chi connectivity index (χ0v) is 29.1. The maximum absolute atomic E-state index is 13.2. The van der Waals surface area contributed by atoms with Crippen molar-refractivity contribution in [2.24, 2.45) is 0 Å². The molecule has 264 valence electrons. The molecule has 6 rings (SSSR count). The smallest absolute Gasteiger partial charge is 0.416 e. The number of aromatic nitrogens is 5. The van der Waals surface area contributed by atoms with Gasteiger partial charge >= 0.3 is 12.3 Å². The summed E-state index contributed by atoms with van der Waals surface area (Å²) in [6.07, 6.45) is 0.164. The number of amides is 1. The zero-order valence-electron chi connectivity index (χ0n) is 27.5. The summed E-state index contributed by atoms with van der Waals surface area (Å²) in [5.74, 6) is 0.354. The van der Waals surface area contributed by atoms with E-state index in [1.807, 2.05) is 39.8 Å². The number of piperidine rings is 1. The molecule has 50 heavy (non-hydrogen) atoms. The molecule has 0 bridgehead atoms. The van der Waals surface area contributed by atoms with Gasteiger partial charge in [0.15, 0.2) is 5.82 Å². The number of sulfonamides is 1. The van der Waals surface area contributed by atoms with Crippen LogP contribution in [-0.4, -0.2) is 68.7 Å². The van der Waals surface area contributed by atoms with Gasteiger partial charge in [-0.25, -0.2) is 32.7 Å². The third-order valence-electron chi connectivity index (χ3n) is 8.08. The summed E-state index contributed by atoms with van der Waals surface area (Å²) in [7, 11) is -4.42. The molecule has 1 fully saturated rings. The Kier molecular flexibility index (Phi) is 9.28. The van der Waals surface area contributed by atoms with Gasteiger partial charge in [-0.2, -0.15) is 18.3 Å². The van der Waals surface area contributed by atoms with E-state index in [2.05, 4.69) is 25.1 Å². The first-order valence-electron chi connectivity index (χ1n) is 15.8. The van der Waals surface area contributed by atoms with Gasteiger partial charge < -0.3 is 15.0 Å². The van der Waals surface area contributed by atoms with E-state index < -0.39 is 37.3 Å². The van der Waals surface area contributed by atoms with Crippen molar-refractivity contribution < 1.29 is 31.1 Å². The van der Waals surface area contributed by atoms with E-state index in [0.29, 0.717) is 48.8 Å². The number of alkyl halides is 3. The number of carbonyl (C=O) groups excluding carboxylic acids is 1. The lowest BCUT2D eigenvalue weighted by Gasteiger charge is -2.34. The molecule has 0 unspecified atom stereocenters. The van der Waals surface area contributed by atoms with Gasteiger partial charge in [0.05, 0.1) is 21.8 Å². The van der Waals surface area contributed by atoms with Crippen LogP contribution in [0.1, 0.15) is 51.7 Å². The normalized spacial score (nSPS) is 15.8. The summed E-state index contributed by atoms with van der Waals surface area (Å²) in [4.78, 5) is 27.3. The maximum Gasteiger partial charge on any atom is 0.416 e. The molecule has 4 heterocycles. The van der Waals surface area contributed by atoms with E-state index in [9.17, 15) is 26.4 Å². The molecule has 1 saturated heterocycles. The first-order valence-corrected chi connectivity index (χ1v) is 17.7. The molecule has 12 nitrogen and oxygen atoms in total. The Hall–Kier alpha value is -4.70. The summed E-state index contributed by atoms with van der Waals surface area (Å²) in [6.45, 7) is 8.61. The largest absolute Gasteiger partial charge is 0.444 e. The number of likely N-dealkylation sites (tertiary alicyclic amines) is 1. The molecule has 1 amide bonds. The van der Waals surface area contributed by atoms with Crippen molar-refractivity contribution in [3.63, 3.8) is 0 Å². The Morgan fingerprint density at radius 2 is 1.88 bits per heavy atom. The quantitative estimate of drug-likeness (QED) is 0.178. The molecule has 0 radical (unpaired) electrons. The first-order chi connectivity index (χ1) is 23.5. The van der Waals surface area contributed by atoms with E-state index in [1.54, 1.807) is 23.2 Å². The van der Waals surface area contributed by atoms with Gasteiger partial charge in [-0.1, -0.05) is 18.5 Å². The minimum atomic E-state index is -4.69. The average Bonchev–Trinajstić information content (AvgIpc) is 3.48. The van der Waals surface area contributed by atoms with Gasteiger partial charge in [-0.15, -0.1) is 0 Å². The fourth-order valence-electron chi connectivity index (χ4n) is 5.78. The average molecular weight is 731 g/mol. The van der Waals surface area contributed by atoms with Crippen molar-refractivity contribution in [3.05, 3.63) is 71.1 Å². The van der Waals surface area contributed by atoms with Crippen molar-refractivity contribution in [2.75, 3.05) is 23.1 Å². The van der Waals surface area contributed by atoms with Gasteiger partial charge in [-0.05, 0) is 88.1 Å². The van der Waals surface area contributed by atoms with Crippen LogP contribution in [0.15, 0.2) is 59.9 Å². The number of benzene rings is 2. The van der Waals surface area contributed by atoms with Crippen LogP contribution in [0.25, 0.3) is 27.7 Å². The fraction of sp³-hybridized carbons (Fsp3) is 0.364. The van der Waals surface area contributed by atoms with Crippen molar-refractivity contribution in [1.82, 2.24) is 29.5 Å². The van der Waals surface area contributed by atoms with Crippen molar-refractivity contribution in [3.8, 4) is 11.3 Å². The number of rotatable bonds is 7. The second-order valence-corrected chi connectivity index (χ2v) is 15.0. The molecule has 2 aromatic carbocycles. The Morgan fingerprint density at radius 1 is 1.10 bits per heavy atom. The highest BCUT2D eigenvalue weighted by Crippen LogP contribution is 2.35. The molecule has 1 aliphatic heterocycles. The lowest BCUT2D eigenvalue weighted by atomic mass is 10.0. The summed E-state index contributed by atoms with van der Waals surface area (Å²) < 4.78 is 75.1. The van der Waals surface area contributed by atoms with Gasteiger partial charge in [0.2, 0.25) is 5.95 Å². The molecule has 0 spiro atoms. The molecule has 17 heteroatoms. The highest BCUT2D eigenvalue weighted by atomic mass is 35.5. The van der Waals surface area contributed by atoms with Crippen LogP contribution in [0.3, 0.4) is 0 Å². The molecule has 3 aromatic heterocycles. The van der Waals surface area contributed by atoms with E-state index in [-0.39, 0.29) is 18.0 Å². The van der Waals surface area contributed by atoms with E-state index in [0.717, 1.165) is 40.9 Å². The van der Waals surface area contributed by atoms with Gasteiger partial charge in [0, 0.05) is 36.3 Å². The number of hydrogen-bond acceptors (Lipinski definition) is 9. The third-order valence-corrected chi connectivity index (χ3v) is 9.90. The fourth-order valence-corrected chi connectivity index (χ4v) is 7.35. The van der Waals surface area contributed by atoms with E-state index in [4.69, 9.17) is 21.3 Å². The number of anilines is 2. The molecule has 5 aromatic rings. The molecule has 2 N–H and O–H groups in total. The number of hydrogen-bond donors (Lipinski definition) is 2. The zero-order chi connectivity index (χ0) is 36.0. The number of halogens is 4. The lowest BCUT2D eigenvalue weighted by Crippen LogP contribution is -2.47. The van der Waals surface area contributed by atoms with Gasteiger partial charge in [0.25, 0.3) is 10.0 Å². The van der Waals surface area contributed by atoms with Crippen LogP contribution < -0.4 is 10.0 Å². The van der Waals surface area contributed by atoms with Crippen LogP contribution in [0, 0.1) is 0 Å². The summed E-state index contributed by atoms with van der Waals surface area (Å²) in [5, 5.41) is 7.90. The van der Waals surface area contributed by atoms with Gasteiger partial charge in [-0.3, -0.25) is 4.72 Å². The third kappa shape index (κ3) is 7.40. The van der Waals surface area contributed by atoms with Crippen LogP contribution in [-0.2, 0) is 27.4 Å². The summed E-state index contributed by atoms with van der Waals surface area (Å²) in [6, 6.07) is 9.22. The number of nitrogens with zero attached hydrogens (tertiary/aromatic N) is 6. The van der Waals surface area contributed by atoms with E-state index in [1.165, 1.54) is 10.8 Å². The second kappa shape index (κ2) is 13.2. The monoisotopic (exact) mass is 730 g/mol. The van der Waals surface area contributed by atoms with Crippen LogP contribution >= 0.6 is 11.6 Å². The predicted molar refractivity (Wildman–Crippen MR) is 183 cm³/mol. The number of carbonyl (C=O) groups is 1. The molecule has 1 aliphatic rings. The van der Waals surface area contributed by atoms with Crippen molar-refractivity contribution in [1.29, 1.82) is 0 Å². The lowest BCUT2D eigenvalue weighted by molar-refractivity contribution is -0.137. The SMILES string of the molecule is CCc1cc(-c2ccc3c(NS(=O)(=O)c4ccc(C(F)(F)F)cc4Cl)ncnn23)cc2cnc(N[C@H]3CCCN(C(=O)OC(C)(C)C)C3)nc12. The first kappa shape index (κ1) is 35.1. The van der Waals surface area contributed by atoms with Gasteiger partial charge in [0.1, 0.15) is 22.3 Å². The van der Waals surface area contributed by atoms with E-state index >= 15 is 0 Å². The Morgan fingerprint density at radius 3 is 2.58 bits per heavy atom. The highest BCUT2D eigenvalue weighted by Gasteiger charge is 2.33. The maximum atomic E-state index is 13.2. The standard InChI is InChI=1S/C33H34ClF3N8O4S/c1-5-19-13-20(14-21-16-38-30(42-28(19)21)41-23-7-6-12-44(17-23)31(46)49-32(2,3)4)25-9-10-26-29(39-18-40-45(25)26)43-50(47,48)27-11-8-22(15-24(27)34)33(35,36)37/h8-11,13-16,18,23H,5-7,12,17H2,1-4H3,(H,38,41,42)(H,39,40,43)/t23-/m0/s1. The summed E-state index contributed by atoms with van der Waals surface area (Å²) in [5.41, 5.74) is 1.72. The minimum absolute atomic E-state index is 0.0493. The molecule has 0 aliphatic carbocycles.